The molecule has 2 N–H and O–H groups in total. The second-order valence-electron chi connectivity index (χ2n) is 5.93. The minimum absolute atomic E-state index is 0.207. The summed E-state index contributed by atoms with van der Waals surface area (Å²) in [4.78, 5) is 28.1. The summed E-state index contributed by atoms with van der Waals surface area (Å²) in [7, 11) is 1.34. The quantitative estimate of drug-likeness (QED) is 0.611. The van der Waals surface area contributed by atoms with E-state index in [0.29, 0.717) is 28.5 Å². The number of rotatable bonds is 6. The highest BCUT2D eigenvalue weighted by Crippen LogP contribution is 2.17. The van der Waals surface area contributed by atoms with Gasteiger partial charge in [-0.15, -0.1) is 0 Å². The van der Waals surface area contributed by atoms with Crippen molar-refractivity contribution in [2.75, 3.05) is 12.4 Å². The summed E-state index contributed by atoms with van der Waals surface area (Å²) in [5, 5.41) is 6.62. The summed E-state index contributed by atoms with van der Waals surface area (Å²) in [5.41, 5.74) is 2.63. The molecule has 0 fully saturated rings. The molecule has 3 aromatic rings. The maximum absolute atomic E-state index is 12.4. The molecule has 0 aliphatic heterocycles. The average Bonchev–Trinajstić information content (AvgIpc) is 2.73. The van der Waals surface area contributed by atoms with E-state index in [9.17, 15) is 9.59 Å². The minimum atomic E-state index is -0.399. The number of pyridine rings is 1. The molecule has 2 aromatic carbocycles. The number of esters is 1. The number of carbonyl (C=O) groups is 2. The summed E-state index contributed by atoms with van der Waals surface area (Å²) in [6.07, 6.45) is 1.56. The highest BCUT2D eigenvalue weighted by atomic mass is 35.5. The van der Waals surface area contributed by atoms with Gasteiger partial charge in [-0.25, -0.2) is 9.78 Å². The number of aromatic nitrogens is 1. The lowest BCUT2D eigenvalue weighted by atomic mass is 10.2. The second-order valence-corrected chi connectivity index (χ2v) is 6.37. The van der Waals surface area contributed by atoms with Crippen LogP contribution in [0.25, 0.3) is 0 Å². The Morgan fingerprint density at radius 2 is 1.71 bits per heavy atom. The van der Waals surface area contributed by atoms with Gasteiger partial charge < -0.3 is 15.4 Å². The molecule has 28 heavy (non-hydrogen) atoms. The van der Waals surface area contributed by atoms with Gasteiger partial charge in [0.2, 0.25) is 0 Å². The summed E-state index contributed by atoms with van der Waals surface area (Å²) in [6, 6.07) is 17.4. The fourth-order valence-corrected chi connectivity index (χ4v) is 2.61. The van der Waals surface area contributed by atoms with Gasteiger partial charge in [0.25, 0.3) is 5.91 Å². The predicted molar refractivity (Wildman–Crippen MR) is 108 cm³/mol. The van der Waals surface area contributed by atoms with E-state index in [4.69, 9.17) is 11.6 Å². The summed E-state index contributed by atoms with van der Waals surface area (Å²) >= 11 is 5.86. The molecular weight excluding hydrogens is 378 g/mol. The third-order valence-corrected chi connectivity index (χ3v) is 4.22. The Balaban J connectivity index is 1.63. The zero-order chi connectivity index (χ0) is 19.9. The van der Waals surface area contributed by atoms with E-state index in [0.717, 1.165) is 11.3 Å². The largest absolute Gasteiger partial charge is 0.465 e. The first-order valence-electron chi connectivity index (χ1n) is 8.49. The van der Waals surface area contributed by atoms with E-state index in [2.05, 4.69) is 20.4 Å². The lowest BCUT2D eigenvalue weighted by Gasteiger charge is -2.09. The first-order valence-corrected chi connectivity index (χ1v) is 8.87. The van der Waals surface area contributed by atoms with E-state index in [-0.39, 0.29) is 5.91 Å². The summed E-state index contributed by atoms with van der Waals surface area (Å²) in [6.45, 7) is 0.399. The van der Waals surface area contributed by atoms with Crippen LogP contribution in [-0.4, -0.2) is 24.0 Å². The van der Waals surface area contributed by atoms with Gasteiger partial charge in [-0.2, -0.15) is 0 Å². The van der Waals surface area contributed by atoms with E-state index in [1.165, 1.54) is 7.11 Å². The average molecular weight is 396 g/mol. The Hall–Kier alpha value is -3.38. The number of carbonyl (C=O) groups excluding carboxylic acids is 2. The molecule has 0 saturated heterocycles. The zero-order valence-electron chi connectivity index (χ0n) is 15.1. The fraction of sp³-hybridized carbons (Fsp3) is 0.0952. The molecule has 0 radical (unpaired) electrons. The number of nitrogens with zero attached hydrogens (tertiary/aromatic N) is 1. The van der Waals surface area contributed by atoms with Gasteiger partial charge in [0.15, 0.2) is 0 Å². The van der Waals surface area contributed by atoms with E-state index in [1.807, 2.05) is 12.1 Å². The molecular formula is C21H18ClN3O3. The molecule has 7 heteroatoms. The molecule has 0 bridgehead atoms. The minimum Gasteiger partial charge on any atom is -0.465 e. The highest BCUT2D eigenvalue weighted by molar-refractivity contribution is 6.30. The number of halogens is 1. The number of benzene rings is 2. The Labute approximate surface area is 167 Å². The SMILES string of the molecule is COC(=O)c1ccc(Nc2cc(C(=O)NCc3ccc(Cl)cc3)ccn2)cc1. The molecule has 0 atom stereocenters. The summed E-state index contributed by atoms with van der Waals surface area (Å²) < 4.78 is 4.67. The number of ether oxygens (including phenoxy) is 1. The van der Waals surface area contributed by atoms with Crippen molar-refractivity contribution in [2.24, 2.45) is 0 Å². The van der Waals surface area contributed by atoms with E-state index < -0.39 is 5.97 Å². The highest BCUT2D eigenvalue weighted by Gasteiger charge is 2.08. The first-order chi connectivity index (χ1) is 13.5. The first kappa shape index (κ1) is 19.4. The molecule has 0 aliphatic carbocycles. The topological polar surface area (TPSA) is 80.3 Å². The van der Waals surface area contributed by atoms with Crippen LogP contribution in [0.2, 0.25) is 5.02 Å². The van der Waals surface area contributed by atoms with E-state index in [1.54, 1.807) is 54.7 Å². The molecule has 0 aliphatic rings. The molecule has 0 spiro atoms. The predicted octanol–water partition coefficient (Wildman–Crippen LogP) is 4.20. The van der Waals surface area contributed by atoms with Crippen LogP contribution in [0.1, 0.15) is 26.3 Å². The van der Waals surface area contributed by atoms with Crippen LogP contribution < -0.4 is 10.6 Å². The Morgan fingerprint density at radius 3 is 2.39 bits per heavy atom. The van der Waals surface area contributed by atoms with Crippen LogP contribution >= 0.6 is 11.6 Å². The lowest BCUT2D eigenvalue weighted by Crippen LogP contribution is -2.22. The Bertz CT molecular complexity index is 973. The number of anilines is 2. The van der Waals surface area contributed by atoms with E-state index >= 15 is 0 Å². The Kier molecular flexibility index (Phi) is 6.24. The van der Waals surface area contributed by atoms with Crippen molar-refractivity contribution in [1.29, 1.82) is 0 Å². The second kappa shape index (κ2) is 9.01. The molecule has 0 unspecified atom stereocenters. The number of hydrogen-bond acceptors (Lipinski definition) is 5. The van der Waals surface area contributed by atoms with Crippen molar-refractivity contribution in [3.05, 3.63) is 88.6 Å². The molecule has 3 rings (SSSR count). The number of nitrogens with one attached hydrogen (secondary N) is 2. The Morgan fingerprint density at radius 1 is 1.00 bits per heavy atom. The van der Waals surface area contributed by atoms with Gasteiger partial charge in [0.1, 0.15) is 5.82 Å². The van der Waals surface area contributed by atoms with Gasteiger partial charge >= 0.3 is 5.97 Å². The van der Waals surface area contributed by atoms with Crippen molar-refractivity contribution in [3.8, 4) is 0 Å². The molecule has 1 heterocycles. The molecule has 1 aromatic heterocycles. The van der Waals surface area contributed by atoms with Gasteiger partial charge in [-0.1, -0.05) is 23.7 Å². The van der Waals surface area contributed by atoms with Crippen LogP contribution in [0.15, 0.2) is 66.9 Å². The standard InChI is InChI=1S/C21H18ClN3O3/c1-28-21(27)15-4-8-18(9-5-15)25-19-12-16(10-11-23-19)20(26)24-13-14-2-6-17(22)7-3-14/h2-12H,13H2,1H3,(H,23,25)(H,24,26). The molecule has 1 amide bonds. The molecule has 142 valence electrons. The lowest BCUT2D eigenvalue weighted by molar-refractivity contribution is 0.0600. The third-order valence-electron chi connectivity index (χ3n) is 3.97. The third kappa shape index (κ3) is 5.08. The van der Waals surface area contributed by atoms with Crippen molar-refractivity contribution in [3.63, 3.8) is 0 Å². The summed E-state index contributed by atoms with van der Waals surface area (Å²) in [5.74, 6) is -0.0876. The van der Waals surface area contributed by atoms with Crippen molar-refractivity contribution in [2.45, 2.75) is 6.54 Å². The van der Waals surface area contributed by atoms with Crippen LogP contribution in [0.4, 0.5) is 11.5 Å². The van der Waals surface area contributed by atoms with Crippen molar-refractivity contribution in [1.82, 2.24) is 10.3 Å². The smallest absolute Gasteiger partial charge is 0.337 e. The van der Waals surface area contributed by atoms with Gasteiger partial charge in [-0.05, 0) is 54.1 Å². The van der Waals surface area contributed by atoms with Crippen molar-refractivity contribution >= 4 is 35.0 Å². The normalized spacial score (nSPS) is 10.2. The van der Waals surface area contributed by atoms with Crippen LogP contribution in [0.3, 0.4) is 0 Å². The number of amides is 1. The van der Waals surface area contributed by atoms with Gasteiger partial charge in [0.05, 0.1) is 12.7 Å². The van der Waals surface area contributed by atoms with Gasteiger partial charge in [-0.3, -0.25) is 4.79 Å². The fourth-order valence-electron chi connectivity index (χ4n) is 2.48. The van der Waals surface area contributed by atoms with Gasteiger partial charge in [0, 0.05) is 29.0 Å². The van der Waals surface area contributed by atoms with Crippen LogP contribution in [0, 0.1) is 0 Å². The maximum atomic E-state index is 12.4. The van der Waals surface area contributed by atoms with Crippen LogP contribution in [0.5, 0.6) is 0 Å². The number of methoxy groups -OCH3 is 1. The molecule has 0 saturated carbocycles. The number of hydrogen-bond donors (Lipinski definition) is 2. The maximum Gasteiger partial charge on any atom is 0.337 e. The zero-order valence-corrected chi connectivity index (χ0v) is 15.9. The monoisotopic (exact) mass is 395 g/mol. The van der Waals surface area contributed by atoms with Crippen LogP contribution in [-0.2, 0) is 11.3 Å². The molecule has 6 nitrogen and oxygen atoms in total. The van der Waals surface area contributed by atoms with Crippen molar-refractivity contribution < 1.29 is 14.3 Å².